The molecule has 0 fully saturated rings. The molecule has 108 valence electrons. The van der Waals surface area contributed by atoms with Crippen LogP contribution in [-0.2, 0) is 12.8 Å². The second-order valence-electron chi connectivity index (χ2n) is 5.78. The molecule has 1 atom stereocenters. The van der Waals surface area contributed by atoms with Crippen LogP contribution in [-0.4, -0.2) is 18.7 Å². The van der Waals surface area contributed by atoms with Crippen LogP contribution >= 0.6 is 0 Å². The van der Waals surface area contributed by atoms with E-state index < -0.39 is 0 Å². The largest absolute Gasteiger partial charge is 0.493 e. The Morgan fingerprint density at radius 2 is 2.00 bits per heavy atom. The number of nitriles is 1. The lowest BCUT2D eigenvalue weighted by molar-refractivity contribution is 0.294. The molecule has 3 nitrogen and oxygen atoms in total. The zero-order chi connectivity index (χ0) is 14.4. The fourth-order valence-corrected chi connectivity index (χ4v) is 2.68. The number of hydrogen-bond acceptors (Lipinski definition) is 3. The summed E-state index contributed by atoms with van der Waals surface area (Å²) in [5.74, 6) is 0.937. The van der Waals surface area contributed by atoms with Crippen molar-refractivity contribution in [2.45, 2.75) is 58.0 Å². The van der Waals surface area contributed by atoms with Crippen LogP contribution in [0.1, 0.15) is 44.2 Å². The number of fused-ring (bicyclic) bond motifs is 1. The average molecular weight is 272 g/mol. The van der Waals surface area contributed by atoms with Crippen LogP contribution < -0.4 is 10.1 Å². The van der Waals surface area contributed by atoms with Gasteiger partial charge in [0.2, 0.25) is 0 Å². The van der Waals surface area contributed by atoms with Crippen molar-refractivity contribution in [1.82, 2.24) is 5.32 Å². The van der Waals surface area contributed by atoms with E-state index >= 15 is 0 Å². The minimum Gasteiger partial charge on any atom is -0.493 e. The van der Waals surface area contributed by atoms with Gasteiger partial charge in [-0.05, 0) is 62.8 Å². The van der Waals surface area contributed by atoms with E-state index in [1.165, 1.54) is 36.8 Å². The molecule has 0 bridgehead atoms. The molecule has 0 saturated carbocycles. The molecule has 0 aliphatic heterocycles. The fourth-order valence-electron chi connectivity index (χ4n) is 2.68. The van der Waals surface area contributed by atoms with Crippen molar-refractivity contribution >= 4 is 0 Å². The van der Waals surface area contributed by atoms with Crippen LogP contribution in [0.25, 0.3) is 0 Å². The van der Waals surface area contributed by atoms with E-state index in [9.17, 15) is 0 Å². The first-order valence-electron chi connectivity index (χ1n) is 7.59. The number of nitrogens with zero attached hydrogens (tertiary/aromatic N) is 1. The molecular formula is C17H24N2O. The Hall–Kier alpha value is -1.53. The zero-order valence-corrected chi connectivity index (χ0v) is 12.5. The number of ether oxygens (including phenoxy) is 1. The molecular weight excluding hydrogens is 248 g/mol. The molecule has 0 heterocycles. The van der Waals surface area contributed by atoms with Crippen LogP contribution in [0.4, 0.5) is 0 Å². The van der Waals surface area contributed by atoms with Gasteiger partial charge in [-0.15, -0.1) is 0 Å². The second-order valence-corrected chi connectivity index (χ2v) is 5.78. The summed E-state index contributed by atoms with van der Waals surface area (Å²) in [7, 11) is 0. The summed E-state index contributed by atoms with van der Waals surface area (Å²) in [6.45, 7) is 4.68. The normalized spacial score (nSPS) is 15.5. The van der Waals surface area contributed by atoms with Gasteiger partial charge >= 0.3 is 0 Å². The Balaban J connectivity index is 1.83. The smallest absolute Gasteiger partial charge is 0.119 e. The number of rotatable bonds is 6. The Labute approximate surface area is 121 Å². The van der Waals surface area contributed by atoms with Crippen LogP contribution in [0.2, 0.25) is 0 Å². The van der Waals surface area contributed by atoms with E-state index in [4.69, 9.17) is 10.00 Å². The molecule has 0 radical (unpaired) electrons. The third-order valence-corrected chi connectivity index (χ3v) is 3.69. The first-order chi connectivity index (χ1) is 9.69. The SMILES string of the molecule is CC(C)NC(C#N)CCOc1ccc2c(c1)CCCC2. The number of benzene rings is 1. The highest BCUT2D eigenvalue weighted by molar-refractivity contribution is 5.37. The molecule has 0 spiro atoms. The van der Waals surface area contributed by atoms with Crippen molar-refractivity contribution in [3.8, 4) is 11.8 Å². The molecule has 3 heteroatoms. The first kappa shape index (κ1) is 14.9. The van der Waals surface area contributed by atoms with Gasteiger partial charge in [0, 0.05) is 12.5 Å². The van der Waals surface area contributed by atoms with Gasteiger partial charge in [0.15, 0.2) is 0 Å². The fraction of sp³-hybridized carbons (Fsp3) is 0.588. The molecule has 1 aliphatic carbocycles. The first-order valence-corrected chi connectivity index (χ1v) is 7.59. The van der Waals surface area contributed by atoms with E-state index in [0.29, 0.717) is 19.1 Å². The summed E-state index contributed by atoms with van der Waals surface area (Å²) in [6.07, 6.45) is 5.67. The standard InChI is InChI=1S/C17H24N2O/c1-13(2)19-16(12-18)9-10-20-17-8-7-14-5-3-4-6-15(14)11-17/h7-8,11,13,16,19H,3-6,9-10H2,1-2H3. The third kappa shape index (κ3) is 4.25. The summed E-state index contributed by atoms with van der Waals surface area (Å²) < 4.78 is 5.79. The van der Waals surface area contributed by atoms with Crippen molar-refractivity contribution in [1.29, 1.82) is 5.26 Å². The van der Waals surface area contributed by atoms with Gasteiger partial charge in [0.05, 0.1) is 18.7 Å². The maximum absolute atomic E-state index is 9.06. The Morgan fingerprint density at radius 1 is 1.25 bits per heavy atom. The minimum atomic E-state index is -0.132. The lowest BCUT2D eigenvalue weighted by atomic mass is 9.92. The van der Waals surface area contributed by atoms with E-state index in [2.05, 4.69) is 43.4 Å². The molecule has 1 N–H and O–H groups in total. The molecule has 1 aromatic carbocycles. The highest BCUT2D eigenvalue weighted by Gasteiger charge is 2.11. The summed E-state index contributed by atoms with van der Waals surface area (Å²) >= 11 is 0. The highest BCUT2D eigenvalue weighted by Crippen LogP contribution is 2.25. The Kier molecular flexibility index (Phi) is 5.43. The monoisotopic (exact) mass is 272 g/mol. The Morgan fingerprint density at radius 3 is 2.70 bits per heavy atom. The van der Waals surface area contributed by atoms with Crippen LogP contribution in [0.5, 0.6) is 5.75 Å². The Bertz CT molecular complexity index is 476. The van der Waals surface area contributed by atoms with Gasteiger partial charge in [0.1, 0.15) is 5.75 Å². The zero-order valence-electron chi connectivity index (χ0n) is 12.5. The molecule has 20 heavy (non-hydrogen) atoms. The highest BCUT2D eigenvalue weighted by atomic mass is 16.5. The minimum absolute atomic E-state index is 0.132. The molecule has 1 aromatic rings. The summed E-state index contributed by atoms with van der Waals surface area (Å²) in [6, 6.07) is 8.89. The van der Waals surface area contributed by atoms with E-state index in [-0.39, 0.29) is 6.04 Å². The number of hydrogen-bond donors (Lipinski definition) is 1. The predicted molar refractivity (Wildman–Crippen MR) is 80.9 cm³/mol. The maximum atomic E-state index is 9.06. The van der Waals surface area contributed by atoms with Gasteiger partial charge in [-0.2, -0.15) is 5.26 Å². The summed E-state index contributed by atoms with van der Waals surface area (Å²) in [5.41, 5.74) is 2.91. The topological polar surface area (TPSA) is 45.0 Å². The molecule has 0 amide bonds. The van der Waals surface area contributed by atoms with E-state index in [1.807, 2.05) is 0 Å². The van der Waals surface area contributed by atoms with E-state index in [0.717, 1.165) is 5.75 Å². The molecule has 1 unspecified atom stereocenters. The molecule has 1 aliphatic rings. The van der Waals surface area contributed by atoms with Crippen LogP contribution in [0.15, 0.2) is 18.2 Å². The lowest BCUT2D eigenvalue weighted by Gasteiger charge is -2.18. The molecule has 2 rings (SSSR count). The van der Waals surface area contributed by atoms with Crippen molar-refractivity contribution in [2.75, 3.05) is 6.61 Å². The van der Waals surface area contributed by atoms with Gasteiger partial charge in [0.25, 0.3) is 0 Å². The van der Waals surface area contributed by atoms with Crippen molar-refractivity contribution < 1.29 is 4.74 Å². The number of aryl methyl sites for hydroxylation is 2. The summed E-state index contributed by atoms with van der Waals surface area (Å²) in [5, 5.41) is 12.3. The van der Waals surface area contributed by atoms with Gasteiger partial charge in [-0.1, -0.05) is 6.07 Å². The predicted octanol–water partition coefficient (Wildman–Crippen LogP) is 3.22. The third-order valence-electron chi connectivity index (χ3n) is 3.69. The summed E-state index contributed by atoms with van der Waals surface area (Å²) in [4.78, 5) is 0. The van der Waals surface area contributed by atoms with Crippen LogP contribution in [0.3, 0.4) is 0 Å². The maximum Gasteiger partial charge on any atom is 0.119 e. The lowest BCUT2D eigenvalue weighted by Crippen LogP contribution is -2.34. The van der Waals surface area contributed by atoms with Gasteiger partial charge in [-0.3, -0.25) is 5.32 Å². The average Bonchev–Trinajstić information content (AvgIpc) is 2.45. The second kappa shape index (κ2) is 7.31. The van der Waals surface area contributed by atoms with E-state index in [1.54, 1.807) is 0 Å². The van der Waals surface area contributed by atoms with Gasteiger partial charge in [-0.25, -0.2) is 0 Å². The molecule has 0 saturated heterocycles. The van der Waals surface area contributed by atoms with Crippen molar-refractivity contribution in [3.05, 3.63) is 29.3 Å². The van der Waals surface area contributed by atoms with Gasteiger partial charge < -0.3 is 4.74 Å². The van der Waals surface area contributed by atoms with Crippen LogP contribution in [0, 0.1) is 11.3 Å². The van der Waals surface area contributed by atoms with Crippen molar-refractivity contribution in [2.24, 2.45) is 0 Å². The van der Waals surface area contributed by atoms with Crippen molar-refractivity contribution in [3.63, 3.8) is 0 Å². The quantitative estimate of drug-likeness (QED) is 0.864. The number of nitrogens with one attached hydrogen (secondary N) is 1. The molecule has 0 aromatic heterocycles.